The maximum atomic E-state index is 13.4. The SMILES string of the molecule is CCc1n[nH]c2nc(-c3cc(NC(=O)c4cc(OCCN5CCOCC5)cc(C5CC5)c4)cnc3C)ccc12. The predicted octanol–water partition coefficient (Wildman–Crippen LogP) is 4.73. The Morgan fingerprint density at radius 2 is 2.03 bits per heavy atom. The Balaban J connectivity index is 1.19. The lowest BCUT2D eigenvalue weighted by Crippen LogP contribution is -2.38. The van der Waals surface area contributed by atoms with Gasteiger partial charge in [0.25, 0.3) is 5.91 Å². The molecule has 2 fully saturated rings. The molecule has 1 aliphatic carbocycles. The highest BCUT2D eigenvalue weighted by Gasteiger charge is 2.25. The molecule has 0 unspecified atom stereocenters. The van der Waals surface area contributed by atoms with Crippen LogP contribution in [0, 0.1) is 6.92 Å². The highest BCUT2D eigenvalue weighted by molar-refractivity contribution is 6.05. The highest BCUT2D eigenvalue weighted by Crippen LogP contribution is 2.41. The third-order valence-electron chi connectivity index (χ3n) is 7.48. The lowest BCUT2D eigenvalue weighted by Gasteiger charge is -2.26. The van der Waals surface area contributed by atoms with Crippen molar-refractivity contribution in [3.63, 3.8) is 0 Å². The smallest absolute Gasteiger partial charge is 0.255 e. The van der Waals surface area contributed by atoms with Gasteiger partial charge in [-0.05, 0) is 74.1 Å². The Hall–Kier alpha value is -3.82. The molecule has 3 aromatic heterocycles. The Kier molecular flexibility index (Phi) is 7.26. The minimum absolute atomic E-state index is 0.184. The van der Waals surface area contributed by atoms with E-state index in [1.165, 1.54) is 0 Å². The third kappa shape index (κ3) is 5.79. The van der Waals surface area contributed by atoms with Crippen LogP contribution in [-0.4, -0.2) is 70.4 Å². The number of aromatic nitrogens is 4. The number of fused-ring (bicyclic) bond motifs is 1. The predicted molar refractivity (Wildman–Crippen MR) is 150 cm³/mol. The van der Waals surface area contributed by atoms with E-state index < -0.39 is 0 Å². The van der Waals surface area contributed by atoms with Crippen molar-refractivity contribution >= 4 is 22.6 Å². The summed E-state index contributed by atoms with van der Waals surface area (Å²) < 4.78 is 11.5. The van der Waals surface area contributed by atoms with E-state index in [-0.39, 0.29) is 5.91 Å². The number of morpholine rings is 1. The number of hydrogen-bond donors (Lipinski definition) is 2. The molecule has 2 aliphatic rings. The molecule has 1 aliphatic heterocycles. The first kappa shape index (κ1) is 25.5. The standard InChI is InChI=1S/C30H34N6O3/c1-3-27-25-6-7-28(33-29(25)35-34-27)26-17-23(18-31-19(26)2)32-30(37)22-14-21(20-4-5-20)15-24(16-22)39-13-10-36-8-11-38-12-9-36/h6-7,14-18,20H,3-5,8-13H2,1-2H3,(H,32,37)(H,33,34,35). The number of rotatable bonds is 9. The monoisotopic (exact) mass is 526 g/mol. The zero-order valence-electron chi connectivity index (χ0n) is 22.5. The van der Waals surface area contributed by atoms with Crippen molar-refractivity contribution in [2.24, 2.45) is 0 Å². The maximum absolute atomic E-state index is 13.4. The van der Waals surface area contributed by atoms with E-state index in [2.05, 4.69) is 38.4 Å². The number of anilines is 1. The number of ether oxygens (including phenoxy) is 2. The molecule has 4 heterocycles. The van der Waals surface area contributed by atoms with Crippen LogP contribution in [0.1, 0.15) is 53.0 Å². The molecule has 6 rings (SSSR count). The summed E-state index contributed by atoms with van der Waals surface area (Å²) >= 11 is 0. The van der Waals surface area contributed by atoms with Gasteiger partial charge in [0.15, 0.2) is 5.65 Å². The lowest BCUT2D eigenvalue weighted by molar-refractivity contribution is 0.0322. The fraction of sp³-hybridized carbons (Fsp3) is 0.400. The van der Waals surface area contributed by atoms with Gasteiger partial charge in [-0.25, -0.2) is 4.98 Å². The molecule has 202 valence electrons. The largest absolute Gasteiger partial charge is 0.492 e. The summed E-state index contributed by atoms with van der Waals surface area (Å²) in [6.07, 6.45) is 4.82. The van der Waals surface area contributed by atoms with Crippen molar-refractivity contribution < 1.29 is 14.3 Å². The number of carbonyl (C=O) groups excluding carboxylic acids is 1. The number of nitrogens with one attached hydrogen (secondary N) is 2. The van der Waals surface area contributed by atoms with Gasteiger partial charge >= 0.3 is 0 Å². The van der Waals surface area contributed by atoms with Crippen molar-refractivity contribution in [3.05, 3.63) is 65.1 Å². The van der Waals surface area contributed by atoms with Gasteiger partial charge in [-0.15, -0.1) is 0 Å². The zero-order valence-corrected chi connectivity index (χ0v) is 22.5. The molecule has 0 bridgehead atoms. The number of carbonyl (C=O) groups is 1. The molecule has 0 spiro atoms. The average Bonchev–Trinajstić information content (AvgIpc) is 3.74. The van der Waals surface area contributed by atoms with Crippen molar-refractivity contribution in [2.75, 3.05) is 44.8 Å². The second-order valence-corrected chi connectivity index (χ2v) is 10.3. The number of nitrogens with zero attached hydrogens (tertiary/aromatic N) is 4. The molecule has 1 saturated heterocycles. The molecule has 2 N–H and O–H groups in total. The van der Waals surface area contributed by atoms with E-state index >= 15 is 0 Å². The summed E-state index contributed by atoms with van der Waals surface area (Å²) in [6.45, 7) is 8.83. The van der Waals surface area contributed by atoms with Crippen molar-refractivity contribution in [1.82, 2.24) is 25.1 Å². The van der Waals surface area contributed by atoms with Crippen LogP contribution in [0.5, 0.6) is 5.75 Å². The molecule has 1 amide bonds. The zero-order chi connectivity index (χ0) is 26.8. The lowest BCUT2D eigenvalue weighted by atomic mass is 10.1. The van der Waals surface area contributed by atoms with Crippen LogP contribution < -0.4 is 10.1 Å². The van der Waals surface area contributed by atoms with Gasteiger partial charge in [-0.3, -0.25) is 19.8 Å². The molecule has 9 nitrogen and oxygen atoms in total. The molecule has 4 aromatic rings. The van der Waals surface area contributed by atoms with E-state index in [0.717, 1.165) is 97.1 Å². The molecular formula is C30H34N6O3. The second kappa shape index (κ2) is 11.1. The Morgan fingerprint density at radius 1 is 1.18 bits per heavy atom. The van der Waals surface area contributed by atoms with Gasteiger partial charge in [-0.2, -0.15) is 5.10 Å². The summed E-state index contributed by atoms with van der Waals surface area (Å²) in [5, 5.41) is 11.4. The number of aromatic amines is 1. The molecule has 1 saturated carbocycles. The van der Waals surface area contributed by atoms with E-state index in [4.69, 9.17) is 14.5 Å². The second-order valence-electron chi connectivity index (χ2n) is 10.3. The maximum Gasteiger partial charge on any atom is 0.255 e. The van der Waals surface area contributed by atoms with Crippen LogP contribution in [0.15, 0.2) is 42.6 Å². The number of H-pyrrole nitrogens is 1. The van der Waals surface area contributed by atoms with Crippen LogP contribution in [0.3, 0.4) is 0 Å². The fourth-order valence-electron chi connectivity index (χ4n) is 5.05. The minimum atomic E-state index is -0.184. The summed E-state index contributed by atoms with van der Waals surface area (Å²) in [7, 11) is 0. The first-order valence-corrected chi connectivity index (χ1v) is 13.8. The van der Waals surface area contributed by atoms with E-state index in [0.29, 0.717) is 23.8 Å². The van der Waals surface area contributed by atoms with Gasteiger partial charge in [0, 0.05) is 41.8 Å². The van der Waals surface area contributed by atoms with Crippen molar-refractivity contribution in [2.45, 2.75) is 39.0 Å². The Morgan fingerprint density at radius 3 is 2.82 bits per heavy atom. The number of amides is 1. The number of aryl methyl sites for hydroxylation is 2. The molecule has 39 heavy (non-hydrogen) atoms. The first-order valence-electron chi connectivity index (χ1n) is 13.8. The van der Waals surface area contributed by atoms with Gasteiger partial charge in [0.1, 0.15) is 12.4 Å². The topological polar surface area (TPSA) is 105 Å². The average molecular weight is 527 g/mol. The summed E-state index contributed by atoms with van der Waals surface area (Å²) in [6, 6.07) is 11.9. The Labute approximate surface area is 227 Å². The number of hydrogen-bond acceptors (Lipinski definition) is 7. The van der Waals surface area contributed by atoms with Crippen molar-refractivity contribution in [3.8, 4) is 17.0 Å². The first-order chi connectivity index (χ1) is 19.1. The molecule has 1 aromatic carbocycles. The van der Waals surface area contributed by atoms with Crippen molar-refractivity contribution in [1.29, 1.82) is 0 Å². The van der Waals surface area contributed by atoms with Gasteiger partial charge in [-0.1, -0.05) is 6.92 Å². The summed E-state index contributed by atoms with van der Waals surface area (Å²) in [5.74, 6) is 1.06. The quantitative estimate of drug-likeness (QED) is 0.325. The fourth-order valence-corrected chi connectivity index (χ4v) is 5.05. The van der Waals surface area contributed by atoms with Crippen LogP contribution in [-0.2, 0) is 11.2 Å². The molecule has 9 heteroatoms. The summed E-state index contributed by atoms with van der Waals surface area (Å²) in [5.41, 5.74) is 6.59. The van der Waals surface area contributed by atoms with Crippen LogP contribution in [0.25, 0.3) is 22.3 Å². The normalized spacial score (nSPS) is 15.9. The van der Waals surface area contributed by atoms with Gasteiger partial charge in [0.05, 0.1) is 36.5 Å². The summed E-state index contributed by atoms with van der Waals surface area (Å²) in [4.78, 5) is 25.0. The van der Waals surface area contributed by atoms with E-state index in [1.807, 2.05) is 37.3 Å². The van der Waals surface area contributed by atoms with Gasteiger partial charge < -0.3 is 14.8 Å². The number of benzene rings is 1. The molecule has 0 radical (unpaired) electrons. The minimum Gasteiger partial charge on any atom is -0.492 e. The van der Waals surface area contributed by atoms with Crippen LogP contribution >= 0.6 is 0 Å². The highest BCUT2D eigenvalue weighted by atomic mass is 16.5. The molecular weight excluding hydrogens is 492 g/mol. The number of pyridine rings is 2. The van der Waals surface area contributed by atoms with E-state index in [1.54, 1.807) is 6.20 Å². The Bertz CT molecular complexity index is 1490. The van der Waals surface area contributed by atoms with Crippen LogP contribution in [0.4, 0.5) is 5.69 Å². The third-order valence-corrected chi connectivity index (χ3v) is 7.48. The van der Waals surface area contributed by atoms with E-state index in [9.17, 15) is 4.79 Å². The molecule has 0 atom stereocenters. The van der Waals surface area contributed by atoms with Gasteiger partial charge in [0.2, 0.25) is 0 Å². The van der Waals surface area contributed by atoms with Crippen LogP contribution in [0.2, 0.25) is 0 Å².